The standard InChI is InChI=1S/Ag.Mg.Mn.Ni.Pt.2H. The zero-order valence-corrected chi connectivity index (χ0v) is 7.23. The van der Waals surface area contributed by atoms with Crippen LogP contribution in [0.15, 0.2) is 0 Å². The SMILES string of the molecule is [Ag].[MgH2].[Mn].[Ni].[Pt]. The van der Waals surface area contributed by atoms with Gasteiger partial charge in [0.15, 0.2) is 0 Å². The van der Waals surface area contributed by atoms with E-state index in [0.29, 0.717) is 0 Å². The third kappa shape index (κ3) is 19.0. The monoisotopic (exact) mass is 441 g/mol. The fourth-order valence-electron chi connectivity index (χ4n) is 0. The van der Waals surface area contributed by atoms with Crippen LogP contribution in [0.3, 0.4) is 0 Å². The van der Waals surface area contributed by atoms with Crippen molar-refractivity contribution in [2.75, 3.05) is 0 Å². The molecule has 0 atom stereocenters. The van der Waals surface area contributed by atoms with Crippen LogP contribution in [-0.2, 0) is 77.0 Å². The summed E-state index contributed by atoms with van der Waals surface area (Å²) in [6.45, 7) is 0. The molecule has 5 heteroatoms. The summed E-state index contributed by atoms with van der Waals surface area (Å²) in [6.07, 6.45) is 0. The largest absolute Gasteiger partial charge is 0.316 e. The van der Waals surface area contributed by atoms with Gasteiger partial charge in [0.05, 0.1) is 0 Å². The van der Waals surface area contributed by atoms with Crippen molar-refractivity contribution >= 4 is 23.1 Å². The minimum atomic E-state index is 0. The predicted octanol–water partition coefficient (Wildman–Crippen LogP) is -0.926. The Hall–Kier alpha value is 3.21. The summed E-state index contributed by atoms with van der Waals surface area (Å²) in [4.78, 5) is 0. The Morgan fingerprint density at radius 1 is 1.00 bits per heavy atom. The van der Waals surface area contributed by atoms with Crippen molar-refractivity contribution in [2.24, 2.45) is 0 Å². The summed E-state index contributed by atoms with van der Waals surface area (Å²) in [7, 11) is 0. The second-order valence-electron chi connectivity index (χ2n) is 0. The van der Waals surface area contributed by atoms with E-state index in [4.69, 9.17) is 0 Å². The molecule has 42 valence electrons. The molecule has 0 aliphatic carbocycles. The van der Waals surface area contributed by atoms with Gasteiger partial charge >= 0.3 is 23.1 Å². The summed E-state index contributed by atoms with van der Waals surface area (Å²) < 4.78 is 0. The maximum absolute atomic E-state index is 0. The van der Waals surface area contributed by atoms with Crippen LogP contribution in [0.25, 0.3) is 0 Å². The molecule has 5 heavy (non-hydrogen) atoms. The summed E-state index contributed by atoms with van der Waals surface area (Å²) in [5, 5.41) is 0. The van der Waals surface area contributed by atoms with Crippen LogP contribution in [0.4, 0.5) is 0 Å². The minimum Gasteiger partial charge on any atom is 0 e. The molecule has 0 aliphatic rings. The van der Waals surface area contributed by atoms with Crippen molar-refractivity contribution < 1.29 is 77.0 Å². The molecule has 0 saturated carbocycles. The van der Waals surface area contributed by atoms with E-state index in [1.807, 2.05) is 0 Å². The summed E-state index contributed by atoms with van der Waals surface area (Å²) in [5.74, 6) is 0. The molecule has 0 fully saturated rings. The Labute approximate surface area is 98.3 Å². The van der Waals surface area contributed by atoms with Gasteiger partial charge in [0, 0.05) is 77.0 Å². The molecule has 0 heterocycles. The Kier molecular flexibility index (Phi) is 224. The molecule has 0 aliphatic heterocycles. The first-order valence-electron chi connectivity index (χ1n) is 0. The second kappa shape index (κ2) is 27.0. The summed E-state index contributed by atoms with van der Waals surface area (Å²) in [6, 6.07) is 0. The van der Waals surface area contributed by atoms with Gasteiger partial charge in [-0.2, -0.15) is 0 Å². The first kappa shape index (κ1) is 41.4. The van der Waals surface area contributed by atoms with Gasteiger partial charge in [0.25, 0.3) is 0 Å². The molecule has 2 radical (unpaired) electrons. The van der Waals surface area contributed by atoms with Crippen molar-refractivity contribution in [1.82, 2.24) is 0 Å². The van der Waals surface area contributed by atoms with Gasteiger partial charge in [-0.1, -0.05) is 0 Å². The van der Waals surface area contributed by atoms with Gasteiger partial charge in [-0.25, -0.2) is 0 Å². The average Bonchev–Trinajstić information content (AvgIpc) is 0. The van der Waals surface area contributed by atoms with Gasteiger partial charge < -0.3 is 0 Å². The molecule has 0 aromatic carbocycles. The van der Waals surface area contributed by atoms with Gasteiger partial charge in [-0.15, -0.1) is 0 Å². The molecule has 0 aromatic rings. The molecular weight excluding hydrogens is 441 g/mol. The molecule has 0 nitrogen and oxygen atoms in total. The molecule has 0 bridgehead atoms. The maximum Gasteiger partial charge on any atom is 0.316 e. The number of rotatable bonds is 0. The third-order valence-electron chi connectivity index (χ3n) is 0. The maximum atomic E-state index is 0. The average molecular weight is 443 g/mol. The van der Waals surface area contributed by atoms with Crippen LogP contribution in [0.2, 0.25) is 0 Å². The number of hydrogen-bond acceptors (Lipinski definition) is 0. The fourth-order valence-corrected chi connectivity index (χ4v) is 0. The van der Waals surface area contributed by atoms with Crippen molar-refractivity contribution in [2.45, 2.75) is 0 Å². The summed E-state index contributed by atoms with van der Waals surface area (Å²) >= 11 is 0. The van der Waals surface area contributed by atoms with E-state index in [-0.39, 0.29) is 100 Å². The van der Waals surface area contributed by atoms with Crippen LogP contribution in [0.1, 0.15) is 0 Å². The Balaban J connectivity index is 0. The van der Waals surface area contributed by atoms with E-state index in [1.54, 1.807) is 0 Å². The van der Waals surface area contributed by atoms with Gasteiger partial charge in [-0.3, -0.25) is 0 Å². The van der Waals surface area contributed by atoms with E-state index >= 15 is 0 Å². The van der Waals surface area contributed by atoms with Gasteiger partial charge in [-0.05, 0) is 0 Å². The van der Waals surface area contributed by atoms with Crippen LogP contribution >= 0.6 is 0 Å². The zero-order valence-electron chi connectivity index (χ0n) is 1.31. The minimum absolute atomic E-state index is 0. The molecule has 0 spiro atoms. The Morgan fingerprint density at radius 3 is 1.00 bits per heavy atom. The van der Waals surface area contributed by atoms with Crippen molar-refractivity contribution in [1.29, 1.82) is 0 Å². The summed E-state index contributed by atoms with van der Waals surface area (Å²) in [5.41, 5.74) is 0. The molecule has 0 saturated heterocycles. The van der Waals surface area contributed by atoms with E-state index in [0.717, 1.165) is 0 Å². The van der Waals surface area contributed by atoms with Crippen molar-refractivity contribution in [3.63, 3.8) is 0 Å². The van der Waals surface area contributed by atoms with Gasteiger partial charge in [0.1, 0.15) is 0 Å². The molecule has 0 amide bonds. The smallest absolute Gasteiger partial charge is 0 e. The third-order valence-corrected chi connectivity index (χ3v) is 0. The van der Waals surface area contributed by atoms with Crippen LogP contribution in [0.5, 0.6) is 0 Å². The van der Waals surface area contributed by atoms with Crippen molar-refractivity contribution in [3.05, 3.63) is 0 Å². The molecule has 0 unspecified atom stereocenters. The molecular formula is H2AgMgMnNiPt. The Morgan fingerprint density at radius 2 is 1.00 bits per heavy atom. The second-order valence-corrected chi connectivity index (χ2v) is 0. The van der Waals surface area contributed by atoms with E-state index in [2.05, 4.69) is 0 Å². The normalized spacial score (nSPS) is 0. The van der Waals surface area contributed by atoms with Crippen LogP contribution in [-0.4, -0.2) is 23.1 Å². The quantitative estimate of drug-likeness (QED) is 0.426. The van der Waals surface area contributed by atoms with E-state index < -0.39 is 0 Å². The molecule has 0 N–H and O–H groups in total. The molecule has 0 rings (SSSR count). The predicted molar refractivity (Wildman–Crippen MR) is 8.54 cm³/mol. The van der Waals surface area contributed by atoms with Crippen LogP contribution in [0, 0.1) is 0 Å². The zero-order chi connectivity index (χ0) is 0. The Bertz CT molecular complexity index is 11.6. The number of hydrogen-bond donors (Lipinski definition) is 0. The van der Waals surface area contributed by atoms with E-state index in [9.17, 15) is 0 Å². The van der Waals surface area contributed by atoms with Crippen molar-refractivity contribution in [3.8, 4) is 0 Å². The first-order chi connectivity index (χ1) is 0. The van der Waals surface area contributed by atoms with E-state index in [1.165, 1.54) is 0 Å². The first-order valence-corrected chi connectivity index (χ1v) is 0. The molecule has 0 aromatic heterocycles. The topological polar surface area (TPSA) is 0 Å². The fraction of sp³-hybridized carbons (Fsp3) is 0. The van der Waals surface area contributed by atoms with Crippen LogP contribution < -0.4 is 0 Å². The van der Waals surface area contributed by atoms with Gasteiger partial charge in [0.2, 0.25) is 0 Å².